The highest BCUT2D eigenvalue weighted by Crippen LogP contribution is 2.29. The molecule has 1 aliphatic rings. The van der Waals surface area contributed by atoms with Gasteiger partial charge in [-0.05, 0) is 42.8 Å². The van der Waals surface area contributed by atoms with Crippen LogP contribution in [0.25, 0.3) is 10.9 Å². The molecule has 20 heavy (non-hydrogen) atoms. The maximum absolute atomic E-state index is 5.49. The number of para-hydroxylation sites is 1. The average Bonchev–Trinajstić information content (AvgIpc) is 2.93. The number of nitrogens with one attached hydrogen (secondary N) is 1. The quantitative estimate of drug-likeness (QED) is 0.843. The van der Waals surface area contributed by atoms with Crippen LogP contribution in [-0.4, -0.2) is 24.3 Å². The van der Waals surface area contributed by atoms with Gasteiger partial charge in [0.1, 0.15) is 0 Å². The van der Waals surface area contributed by atoms with Crippen LogP contribution in [-0.2, 0) is 11.3 Å². The Kier molecular flexibility index (Phi) is 4.38. The molecule has 0 unspecified atom stereocenters. The Balaban J connectivity index is 1.91. The van der Waals surface area contributed by atoms with E-state index in [-0.39, 0.29) is 0 Å². The Morgan fingerprint density at radius 1 is 1.25 bits per heavy atom. The van der Waals surface area contributed by atoms with E-state index in [0.717, 1.165) is 39.1 Å². The van der Waals surface area contributed by atoms with E-state index < -0.39 is 0 Å². The predicted octanol–water partition coefficient (Wildman–Crippen LogP) is 3.49. The number of rotatable bonds is 5. The summed E-state index contributed by atoms with van der Waals surface area (Å²) in [4.78, 5) is 0. The maximum atomic E-state index is 5.49. The Morgan fingerprint density at radius 2 is 2.10 bits per heavy atom. The lowest BCUT2D eigenvalue weighted by molar-refractivity contribution is 0.0707. The van der Waals surface area contributed by atoms with E-state index in [0.29, 0.717) is 6.04 Å². The number of aromatic nitrogens is 1. The summed E-state index contributed by atoms with van der Waals surface area (Å²) in [6.45, 7) is 6.02. The minimum atomic E-state index is 0.591. The molecule has 0 aliphatic carbocycles. The Bertz CT molecular complexity index is 555. The molecular weight excluding hydrogens is 248 g/mol. The average molecular weight is 272 g/mol. The molecule has 1 saturated heterocycles. The van der Waals surface area contributed by atoms with Gasteiger partial charge < -0.3 is 14.6 Å². The molecular formula is C17H24N2O. The fourth-order valence-electron chi connectivity index (χ4n) is 3.11. The summed E-state index contributed by atoms with van der Waals surface area (Å²) in [7, 11) is 0. The monoisotopic (exact) mass is 272 g/mol. The lowest BCUT2D eigenvalue weighted by Crippen LogP contribution is -2.20. The SMILES string of the molecule is CCCNCc1cccc2ccn(C3CCOCC3)c12. The van der Waals surface area contributed by atoms with Crippen LogP contribution in [0.5, 0.6) is 0 Å². The van der Waals surface area contributed by atoms with Gasteiger partial charge in [0.15, 0.2) is 0 Å². The highest BCUT2D eigenvalue weighted by Gasteiger charge is 2.18. The van der Waals surface area contributed by atoms with Crippen molar-refractivity contribution in [3.63, 3.8) is 0 Å². The summed E-state index contributed by atoms with van der Waals surface area (Å²) in [6, 6.07) is 9.47. The molecule has 0 bridgehead atoms. The Morgan fingerprint density at radius 3 is 2.90 bits per heavy atom. The fourth-order valence-corrected chi connectivity index (χ4v) is 3.11. The minimum Gasteiger partial charge on any atom is -0.381 e. The highest BCUT2D eigenvalue weighted by molar-refractivity contribution is 5.83. The molecule has 0 spiro atoms. The molecule has 2 aromatic rings. The Hall–Kier alpha value is -1.32. The van der Waals surface area contributed by atoms with Crippen LogP contribution in [0.2, 0.25) is 0 Å². The van der Waals surface area contributed by atoms with Gasteiger partial charge in [-0.1, -0.05) is 25.1 Å². The summed E-state index contributed by atoms with van der Waals surface area (Å²) in [5, 5.41) is 4.88. The second-order valence-corrected chi connectivity index (χ2v) is 5.60. The number of benzene rings is 1. The third kappa shape index (κ3) is 2.74. The van der Waals surface area contributed by atoms with Crippen molar-refractivity contribution in [2.45, 2.75) is 38.8 Å². The van der Waals surface area contributed by atoms with E-state index in [1.54, 1.807) is 0 Å². The second-order valence-electron chi connectivity index (χ2n) is 5.60. The normalized spacial score (nSPS) is 16.9. The van der Waals surface area contributed by atoms with Crippen LogP contribution in [0.3, 0.4) is 0 Å². The number of ether oxygens (including phenoxy) is 1. The molecule has 3 rings (SSSR count). The van der Waals surface area contributed by atoms with Crippen molar-refractivity contribution in [2.75, 3.05) is 19.8 Å². The Labute approximate surface area is 120 Å². The minimum absolute atomic E-state index is 0.591. The molecule has 3 nitrogen and oxygen atoms in total. The summed E-state index contributed by atoms with van der Waals surface area (Å²) < 4.78 is 7.97. The van der Waals surface area contributed by atoms with Gasteiger partial charge in [0.25, 0.3) is 0 Å². The molecule has 1 N–H and O–H groups in total. The second kappa shape index (κ2) is 6.42. The van der Waals surface area contributed by atoms with Gasteiger partial charge in [-0.2, -0.15) is 0 Å². The summed E-state index contributed by atoms with van der Waals surface area (Å²) in [6.07, 6.45) is 5.68. The van der Waals surface area contributed by atoms with E-state index >= 15 is 0 Å². The van der Waals surface area contributed by atoms with Crippen molar-refractivity contribution in [1.82, 2.24) is 9.88 Å². The van der Waals surface area contributed by atoms with Crippen molar-refractivity contribution in [3.8, 4) is 0 Å². The number of fused-ring (bicyclic) bond motifs is 1. The van der Waals surface area contributed by atoms with Crippen LogP contribution in [0, 0.1) is 0 Å². The molecule has 0 saturated carbocycles. The molecule has 108 valence electrons. The summed E-state index contributed by atoms with van der Waals surface area (Å²) >= 11 is 0. The smallest absolute Gasteiger partial charge is 0.0528 e. The maximum Gasteiger partial charge on any atom is 0.0528 e. The first-order valence-corrected chi connectivity index (χ1v) is 7.77. The molecule has 1 fully saturated rings. The van der Waals surface area contributed by atoms with Crippen LogP contribution in [0.15, 0.2) is 30.5 Å². The van der Waals surface area contributed by atoms with Crippen molar-refractivity contribution >= 4 is 10.9 Å². The van der Waals surface area contributed by atoms with Crippen LogP contribution in [0.4, 0.5) is 0 Å². The van der Waals surface area contributed by atoms with Crippen LogP contribution in [0.1, 0.15) is 37.8 Å². The van der Waals surface area contributed by atoms with Crippen molar-refractivity contribution in [2.24, 2.45) is 0 Å². The van der Waals surface area contributed by atoms with Gasteiger partial charge in [-0.15, -0.1) is 0 Å². The number of nitrogens with zero attached hydrogens (tertiary/aromatic N) is 1. The van der Waals surface area contributed by atoms with Crippen molar-refractivity contribution < 1.29 is 4.74 Å². The van der Waals surface area contributed by atoms with Gasteiger partial charge in [0.2, 0.25) is 0 Å². The number of hydrogen-bond donors (Lipinski definition) is 1. The van der Waals surface area contributed by atoms with Gasteiger partial charge in [-0.3, -0.25) is 0 Å². The van der Waals surface area contributed by atoms with E-state index in [4.69, 9.17) is 4.74 Å². The van der Waals surface area contributed by atoms with Gasteiger partial charge in [0, 0.05) is 32.0 Å². The topological polar surface area (TPSA) is 26.2 Å². The van der Waals surface area contributed by atoms with E-state index in [1.807, 2.05) is 0 Å². The van der Waals surface area contributed by atoms with E-state index in [9.17, 15) is 0 Å². The van der Waals surface area contributed by atoms with Crippen LogP contribution >= 0.6 is 0 Å². The first kappa shape index (κ1) is 13.7. The molecule has 1 aromatic heterocycles. The van der Waals surface area contributed by atoms with Gasteiger partial charge in [-0.25, -0.2) is 0 Å². The van der Waals surface area contributed by atoms with E-state index in [1.165, 1.54) is 22.9 Å². The zero-order valence-electron chi connectivity index (χ0n) is 12.3. The molecule has 1 aliphatic heterocycles. The molecule has 0 atom stereocenters. The number of hydrogen-bond acceptors (Lipinski definition) is 2. The lowest BCUT2D eigenvalue weighted by Gasteiger charge is -2.25. The summed E-state index contributed by atoms with van der Waals surface area (Å²) in [5.74, 6) is 0. The molecule has 1 aromatic carbocycles. The summed E-state index contributed by atoms with van der Waals surface area (Å²) in [5.41, 5.74) is 2.82. The van der Waals surface area contributed by atoms with Gasteiger partial charge >= 0.3 is 0 Å². The highest BCUT2D eigenvalue weighted by atomic mass is 16.5. The molecule has 3 heteroatoms. The fraction of sp³-hybridized carbons (Fsp3) is 0.529. The van der Waals surface area contributed by atoms with Gasteiger partial charge in [0.05, 0.1) is 5.52 Å². The third-order valence-corrected chi connectivity index (χ3v) is 4.15. The largest absolute Gasteiger partial charge is 0.381 e. The molecule has 0 radical (unpaired) electrons. The molecule has 2 heterocycles. The zero-order chi connectivity index (χ0) is 13.8. The standard InChI is InChI=1S/C17H24N2O/c1-2-9-18-13-15-5-3-4-14-6-10-19(17(14)15)16-7-11-20-12-8-16/h3-6,10,16,18H,2,7-9,11-13H2,1H3. The molecule has 0 amide bonds. The van der Waals surface area contributed by atoms with Crippen molar-refractivity contribution in [3.05, 3.63) is 36.0 Å². The van der Waals surface area contributed by atoms with E-state index in [2.05, 4.69) is 47.3 Å². The van der Waals surface area contributed by atoms with Crippen LogP contribution < -0.4 is 5.32 Å². The first-order chi connectivity index (χ1) is 9.90. The zero-order valence-corrected chi connectivity index (χ0v) is 12.3. The predicted molar refractivity (Wildman–Crippen MR) is 83.0 cm³/mol. The first-order valence-electron chi connectivity index (χ1n) is 7.77. The van der Waals surface area contributed by atoms with Crippen molar-refractivity contribution in [1.29, 1.82) is 0 Å². The third-order valence-electron chi connectivity index (χ3n) is 4.15. The lowest BCUT2D eigenvalue weighted by atomic mass is 10.1.